The molecule has 1 aliphatic rings. The first-order valence-electron chi connectivity index (χ1n) is 4.43. The van der Waals surface area contributed by atoms with Crippen LogP contribution >= 0.6 is 0 Å². The van der Waals surface area contributed by atoms with Crippen molar-refractivity contribution in [3.8, 4) is 0 Å². The molecule has 2 atom stereocenters. The fourth-order valence-electron chi connectivity index (χ4n) is 1.52. The molecule has 0 spiro atoms. The average molecular weight is 154 g/mol. The largest absolute Gasteiger partial charge is 0.386 e. The summed E-state index contributed by atoms with van der Waals surface area (Å²) in [5, 5.41) is 9.59. The minimum atomic E-state index is -0.536. The second-order valence-electron chi connectivity index (χ2n) is 4.16. The van der Waals surface area contributed by atoms with E-state index in [2.05, 4.69) is 19.9 Å². The zero-order valence-corrected chi connectivity index (χ0v) is 7.67. The van der Waals surface area contributed by atoms with E-state index in [4.69, 9.17) is 0 Å². The van der Waals surface area contributed by atoms with Crippen molar-refractivity contribution in [2.24, 2.45) is 11.8 Å². The molecule has 1 unspecified atom stereocenters. The highest BCUT2D eigenvalue weighted by atomic mass is 16.3. The number of rotatable bonds is 1. The summed E-state index contributed by atoms with van der Waals surface area (Å²) in [7, 11) is 0. The van der Waals surface area contributed by atoms with E-state index >= 15 is 0 Å². The van der Waals surface area contributed by atoms with Crippen molar-refractivity contribution >= 4 is 0 Å². The number of allylic oxidation sites excluding steroid dienone is 1. The summed E-state index contributed by atoms with van der Waals surface area (Å²) in [6.45, 7) is 6.34. The maximum atomic E-state index is 9.59. The van der Waals surface area contributed by atoms with Gasteiger partial charge in [0.1, 0.15) is 0 Å². The van der Waals surface area contributed by atoms with Crippen molar-refractivity contribution in [1.82, 2.24) is 0 Å². The molecule has 0 bridgehead atoms. The highest BCUT2D eigenvalue weighted by Gasteiger charge is 2.24. The van der Waals surface area contributed by atoms with Gasteiger partial charge in [-0.1, -0.05) is 26.0 Å². The number of hydrogen-bond donors (Lipinski definition) is 1. The van der Waals surface area contributed by atoms with E-state index in [9.17, 15) is 5.11 Å². The zero-order valence-electron chi connectivity index (χ0n) is 7.67. The molecule has 0 aromatic rings. The summed E-state index contributed by atoms with van der Waals surface area (Å²) in [4.78, 5) is 0. The highest BCUT2D eigenvalue weighted by molar-refractivity contribution is 5.06. The number of aliphatic hydroxyl groups is 1. The quantitative estimate of drug-likeness (QED) is 0.575. The third-order valence-corrected chi connectivity index (χ3v) is 2.54. The maximum Gasteiger partial charge on any atom is 0.0800 e. The molecule has 1 heteroatoms. The SMILES string of the molecule is CC(C)[C@@H]1C=CC(C)(O)CC1. The molecule has 11 heavy (non-hydrogen) atoms. The Labute approximate surface area is 69.1 Å². The van der Waals surface area contributed by atoms with E-state index in [-0.39, 0.29) is 0 Å². The van der Waals surface area contributed by atoms with Gasteiger partial charge in [0, 0.05) is 0 Å². The molecule has 1 rings (SSSR count). The smallest absolute Gasteiger partial charge is 0.0800 e. The Hall–Kier alpha value is -0.300. The van der Waals surface area contributed by atoms with Gasteiger partial charge >= 0.3 is 0 Å². The minimum Gasteiger partial charge on any atom is -0.386 e. The average Bonchev–Trinajstić information content (AvgIpc) is 1.86. The van der Waals surface area contributed by atoms with Gasteiger partial charge < -0.3 is 5.11 Å². The molecular weight excluding hydrogens is 136 g/mol. The van der Waals surface area contributed by atoms with Crippen LogP contribution in [0.15, 0.2) is 12.2 Å². The van der Waals surface area contributed by atoms with E-state index in [1.165, 1.54) is 0 Å². The second-order valence-corrected chi connectivity index (χ2v) is 4.16. The molecule has 0 amide bonds. The topological polar surface area (TPSA) is 20.2 Å². The van der Waals surface area contributed by atoms with E-state index in [1.54, 1.807) is 0 Å². The van der Waals surface area contributed by atoms with E-state index in [1.807, 2.05) is 13.0 Å². The van der Waals surface area contributed by atoms with Crippen molar-refractivity contribution < 1.29 is 5.11 Å². The van der Waals surface area contributed by atoms with Crippen LogP contribution in [0.4, 0.5) is 0 Å². The molecule has 0 aromatic heterocycles. The predicted octanol–water partition coefficient (Wildman–Crippen LogP) is 2.36. The maximum absolute atomic E-state index is 9.59. The van der Waals surface area contributed by atoms with Crippen molar-refractivity contribution in [2.45, 2.75) is 39.2 Å². The normalized spacial score (nSPS) is 38.1. The first-order valence-corrected chi connectivity index (χ1v) is 4.43. The van der Waals surface area contributed by atoms with Crippen LogP contribution in [0.25, 0.3) is 0 Å². The Balaban J connectivity index is 2.56. The molecular formula is C10H18O. The number of hydrogen-bond acceptors (Lipinski definition) is 1. The standard InChI is InChI=1S/C10H18O/c1-8(2)9-4-6-10(3,11)7-5-9/h4,6,8-9,11H,5,7H2,1-3H3/t9-,10?/m1/s1. The summed E-state index contributed by atoms with van der Waals surface area (Å²) in [6.07, 6.45) is 6.14. The Kier molecular flexibility index (Phi) is 2.38. The van der Waals surface area contributed by atoms with Crippen LogP contribution in [0, 0.1) is 11.8 Å². The van der Waals surface area contributed by atoms with Crippen LogP contribution in [0.5, 0.6) is 0 Å². The van der Waals surface area contributed by atoms with Gasteiger partial charge in [-0.3, -0.25) is 0 Å². The zero-order chi connectivity index (χ0) is 8.48. The Morgan fingerprint density at radius 1 is 1.55 bits per heavy atom. The Bertz CT molecular complexity index is 156. The van der Waals surface area contributed by atoms with Crippen molar-refractivity contribution in [2.75, 3.05) is 0 Å². The molecule has 0 radical (unpaired) electrons. The molecule has 0 heterocycles. The lowest BCUT2D eigenvalue weighted by atomic mass is 9.81. The lowest BCUT2D eigenvalue weighted by Gasteiger charge is -2.29. The van der Waals surface area contributed by atoms with E-state index in [0.717, 1.165) is 12.8 Å². The second kappa shape index (κ2) is 2.98. The third-order valence-electron chi connectivity index (χ3n) is 2.54. The van der Waals surface area contributed by atoms with Gasteiger partial charge in [-0.2, -0.15) is 0 Å². The van der Waals surface area contributed by atoms with Crippen molar-refractivity contribution in [3.05, 3.63) is 12.2 Å². The molecule has 0 fully saturated rings. The van der Waals surface area contributed by atoms with Gasteiger partial charge in [0.15, 0.2) is 0 Å². The van der Waals surface area contributed by atoms with Gasteiger partial charge in [0.05, 0.1) is 5.60 Å². The summed E-state index contributed by atoms with van der Waals surface area (Å²) >= 11 is 0. The summed E-state index contributed by atoms with van der Waals surface area (Å²) < 4.78 is 0. The molecule has 0 saturated carbocycles. The van der Waals surface area contributed by atoms with Crippen LogP contribution in [0.3, 0.4) is 0 Å². The van der Waals surface area contributed by atoms with Crippen LogP contribution in [-0.2, 0) is 0 Å². The van der Waals surface area contributed by atoms with Gasteiger partial charge in [0.2, 0.25) is 0 Å². The van der Waals surface area contributed by atoms with Gasteiger partial charge in [-0.05, 0) is 31.6 Å². The molecule has 0 aliphatic heterocycles. The first-order chi connectivity index (χ1) is 5.01. The Morgan fingerprint density at radius 2 is 2.18 bits per heavy atom. The van der Waals surface area contributed by atoms with Gasteiger partial charge in [0.25, 0.3) is 0 Å². The fourth-order valence-corrected chi connectivity index (χ4v) is 1.52. The van der Waals surface area contributed by atoms with Gasteiger partial charge in [-0.15, -0.1) is 0 Å². The summed E-state index contributed by atoms with van der Waals surface area (Å²) in [5.74, 6) is 1.39. The molecule has 1 nitrogen and oxygen atoms in total. The van der Waals surface area contributed by atoms with E-state index < -0.39 is 5.60 Å². The molecule has 1 N–H and O–H groups in total. The van der Waals surface area contributed by atoms with Crippen molar-refractivity contribution in [1.29, 1.82) is 0 Å². The van der Waals surface area contributed by atoms with Gasteiger partial charge in [-0.25, -0.2) is 0 Å². The van der Waals surface area contributed by atoms with Crippen molar-refractivity contribution in [3.63, 3.8) is 0 Å². The first kappa shape index (κ1) is 8.79. The van der Waals surface area contributed by atoms with Crippen LogP contribution in [-0.4, -0.2) is 10.7 Å². The lowest BCUT2D eigenvalue weighted by molar-refractivity contribution is 0.0845. The molecule has 1 aliphatic carbocycles. The fraction of sp³-hybridized carbons (Fsp3) is 0.800. The monoisotopic (exact) mass is 154 g/mol. The van der Waals surface area contributed by atoms with Crippen LogP contribution in [0.2, 0.25) is 0 Å². The highest BCUT2D eigenvalue weighted by Crippen LogP contribution is 2.29. The van der Waals surface area contributed by atoms with E-state index in [0.29, 0.717) is 11.8 Å². The lowest BCUT2D eigenvalue weighted by Crippen LogP contribution is -2.26. The molecule has 0 saturated heterocycles. The van der Waals surface area contributed by atoms with Crippen LogP contribution < -0.4 is 0 Å². The molecule has 0 aromatic carbocycles. The van der Waals surface area contributed by atoms with Crippen LogP contribution in [0.1, 0.15) is 33.6 Å². The predicted molar refractivity (Wildman–Crippen MR) is 47.3 cm³/mol. The minimum absolute atomic E-state index is 0.536. The summed E-state index contributed by atoms with van der Waals surface area (Å²) in [5.41, 5.74) is -0.536. The third kappa shape index (κ3) is 2.33. The molecule has 64 valence electrons. The Morgan fingerprint density at radius 3 is 2.55 bits per heavy atom. The summed E-state index contributed by atoms with van der Waals surface area (Å²) in [6, 6.07) is 0.